The number of hydrogen-bond donors (Lipinski definition) is 2. The number of nitrogens with zero attached hydrogens (tertiary/aromatic N) is 2. The number of likely N-dealkylation sites (N-methyl/N-ethyl adjacent to an activating group) is 1. The standard InChI is InChI=1S/C19H30N4O3/c1-12-9-21-17(13(2)19(12)26-5)11-22-18(25)8-15-6-7-16(23(15)4)10-20-14(3)24/h9,15-16H,6-8,10-11H2,1-5H3,(H,20,24)(H,22,25)/t15-,16+/m0/s1. The van der Waals surface area contributed by atoms with Crippen LogP contribution in [0.4, 0.5) is 0 Å². The van der Waals surface area contributed by atoms with Crippen molar-refractivity contribution in [1.82, 2.24) is 20.5 Å². The second-order valence-electron chi connectivity index (χ2n) is 7.01. The highest BCUT2D eigenvalue weighted by Crippen LogP contribution is 2.25. The van der Waals surface area contributed by atoms with Crippen LogP contribution in [0.3, 0.4) is 0 Å². The Labute approximate surface area is 155 Å². The van der Waals surface area contributed by atoms with Crippen LogP contribution in [0.15, 0.2) is 6.20 Å². The number of ether oxygens (including phenoxy) is 1. The third kappa shape index (κ3) is 4.94. The van der Waals surface area contributed by atoms with E-state index in [1.54, 1.807) is 13.3 Å². The highest BCUT2D eigenvalue weighted by Gasteiger charge is 2.31. The van der Waals surface area contributed by atoms with E-state index < -0.39 is 0 Å². The molecular formula is C19H30N4O3. The van der Waals surface area contributed by atoms with Gasteiger partial charge in [0.05, 0.1) is 19.3 Å². The number of carbonyl (C=O) groups excluding carboxylic acids is 2. The minimum absolute atomic E-state index is 0.0165. The molecule has 7 nitrogen and oxygen atoms in total. The van der Waals surface area contributed by atoms with Gasteiger partial charge < -0.3 is 15.4 Å². The van der Waals surface area contributed by atoms with E-state index in [1.165, 1.54) is 6.92 Å². The third-order valence-electron chi connectivity index (χ3n) is 5.20. The first kappa shape index (κ1) is 20.2. The largest absolute Gasteiger partial charge is 0.496 e. The quantitative estimate of drug-likeness (QED) is 0.764. The number of rotatable bonds is 7. The Kier molecular flexibility index (Phi) is 6.97. The van der Waals surface area contributed by atoms with Crippen molar-refractivity contribution in [2.75, 3.05) is 20.7 Å². The molecule has 0 unspecified atom stereocenters. The number of amides is 2. The number of carbonyl (C=O) groups is 2. The van der Waals surface area contributed by atoms with Crippen molar-refractivity contribution in [3.63, 3.8) is 0 Å². The molecule has 2 amide bonds. The zero-order chi connectivity index (χ0) is 19.3. The van der Waals surface area contributed by atoms with Gasteiger partial charge in [-0.05, 0) is 33.7 Å². The summed E-state index contributed by atoms with van der Waals surface area (Å²) in [6, 6.07) is 0.498. The van der Waals surface area contributed by atoms with E-state index in [4.69, 9.17) is 4.74 Å². The van der Waals surface area contributed by atoms with Crippen LogP contribution in [0, 0.1) is 13.8 Å². The molecule has 0 radical (unpaired) electrons. The summed E-state index contributed by atoms with van der Waals surface area (Å²) in [5, 5.41) is 5.83. The monoisotopic (exact) mass is 362 g/mol. The van der Waals surface area contributed by atoms with Crippen LogP contribution >= 0.6 is 0 Å². The second-order valence-corrected chi connectivity index (χ2v) is 7.01. The van der Waals surface area contributed by atoms with Crippen molar-refractivity contribution in [3.05, 3.63) is 23.0 Å². The highest BCUT2D eigenvalue weighted by molar-refractivity contribution is 5.76. The Balaban J connectivity index is 1.85. The molecule has 2 heterocycles. The van der Waals surface area contributed by atoms with Crippen molar-refractivity contribution >= 4 is 11.8 Å². The molecule has 2 rings (SSSR count). The molecule has 7 heteroatoms. The zero-order valence-electron chi connectivity index (χ0n) is 16.4. The summed E-state index contributed by atoms with van der Waals surface area (Å²) in [5.74, 6) is 0.819. The first-order chi connectivity index (χ1) is 12.3. The molecule has 2 atom stereocenters. The molecule has 1 saturated heterocycles. The van der Waals surface area contributed by atoms with Gasteiger partial charge >= 0.3 is 0 Å². The smallest absolute Gasteiger partial charge is 0.221 e. The average Bonchev–Trinajstić information content (AvgIpc) is 2.93. The van der Waals surface area contributed by atoms with Gasteiger partial charge in [-0.25, -0.2) is 0 Å². The maximum Gasteiger partial charge on any atom is 0.221 e. The maximum atomic E-state index is 12.4. The van der Waals surface area contributed by atoms with Crippen LogP contribution in [0.1, 0.15) is 43.0 Å². The molecule has 1 aromatic heterocycles. The van der Waals surface area contributed by atoms with Gasteiger partial charge in [0, 0.05) is 49.3 Å². The van der Waals surface area contributed by atoms with E-state index in [-0.39, 0.29) is 17.9 Å². The lowest BCUT2D eigenvalue weighted by Crippen LogP contribution is -2.42. The summed E-state index contributed by atoms with van der Waals surface area (Å²) < 4.78 is 5.41. The van der Waals surface area contributed by atoms with E-state index in [1.807, 2.05) is 20.9 Å². The van der Waals surface area contributed by atoms with Crippen LogP contribution in [0.5, 0.6) is 5.75 Å². The number of pyridine rings is 1. The predicted octanol–water partition coefficient (Wildman–Crippen LogP) is 1.31. The van der Waals surface area contributed by atoms with E-state index in [0.29, 0.717) is 25.6 Å². The Morgan fingerprint density at radius 3 is 2.62 bits per heavy atom. The van der Waals surface area contributed by atoms with Crippen LogP contribution in [0.25, 0.3) is 0 Å². The third-order valence-corrected chi connectivity index (χ3v) is 5.20. The fourth-order valence-corrected chi connectivity index (χ4v) is 3.56. The van der Waals surface area contributed by atoms with Gasteiger partial charge in [0.15, 0.2) is 0 Å². The summed E-state index contributed by atoms with van der Waals surface area (Å²) in [7, 11) is 3.67. The summed E-state index contributed by atoms with van der Waals surface area (Å²) >= 11 is 0. The molecule has 1 aliphatic rings. The normalized spacial score (nSPS) is 20.0. The van der Waals surface area contributed by atoms with Gasteiger partial charge in [-0.1, -0.05) is 0 Å². The van der Waals surface area contributed by atoms with E-state index in [9.17, 15) is 9.59 Å². The Morgan fingerprint density at radius 1 is 1.27 bits per heavy atom. The van der Waals surface area contributed by atoms with Gasteiger partial charge in [0.2, 0.25) is 11.8 Å². The average molecular weight is 362 g/mol. The topological polar surface area (TPSA) is 83.6 Å². The molecule has 2 N–H and O–H groups in total. The highest BCUT2D eigenvalue weighted by atomic mass is 16.5. The van der Waals surface area contributed by atoms with Gasteiger partial charge in [-0.2, -0.15) is 0 Å². The fourth-order valence-electron chi connectivity index (χ4n) is 3.56. The lowest BCUT2D eigenvalue weighted by atomic mass is 10.1. The van der Waals surface area contributed by atoms with Crippen LogP contribution in [0.2, 0.25) is 0 Å². The van der Waals surface area contributed by atoms with Crippen LogP contribution in [-0.4, -0.2) is 54.5 Å². The number of nitrogens with one attached hydrogen (secondary N) is 2. The fraction of sp³-hybridized carbons (Fsp3) is 0.632. The predicted molar refractivity (Wildman–Crippen MR) is 100.0 cm³/mol. The first-order valence-electron chi connectivity index (χ1n) is 9.05. The zero-order valence-corrected chi connectivity index (χ0v) is 16.4. The van der Waals surface area contributed by atoms with Crippen molar-refractivity contribution in [3.8, 4) is 5.75 Å². The number of hydrogen-bond acceptors (Lipinski definition) is 5. The van der Waals surface area contributed by atoms with Crippen molar-refractivity contribution < 1.29 is 14.3 Å². The summed E-state index contributed by atoms with van der Waals surface area (Å²) in [6.07, 6.45) is 4.17. The van der Waals surface area contributed by atoms with Crippen molar-refractivity contribution in [1.29, 1.82) is 0 Å². The Morgan fingerprint density at radius 2 is 1.96 bits per heavy atom. The second kappa shape index (κ2) is 8.98. The molecule has 0 spiro atoms. The number of methoxy groups -OCH3 is 1. The summed E-state index contributed by atoms with van der Waals surface area (Å²) in [6.45, 7) is 6.46. The lowest BCUT2D eigenvalue weighted by molar-refractivity contribution is -0.122. The van der Waals surface area contributed by atoms with Crippen molar-refractivity contribution in [2.45, 2.75) is 58.7 Å². The summed E-state index contributed by atoms with van der Waals surface area (Å²) in [5.41, 5.74) is 2.77. The molecular weight excluding hydrogens is 332 g/mol. The number of aromatic nitrogens is 1. The Bertz CT molecular complexity index is 662. The minimum atomic E-state index is -0.0176. The molecule has 0 aromatic carbocycles. The van der Waals surface area contributed by atoms with E-state index >= 15 is 0 Å². The molecule has 0 saturated carbocycles. The van der Waals surface area contributed by atoms with Gasteiger partial charge in [-0.15, -0.1) is 0 Å². The van der Waals surface area contributed by atoms with Crippen LogP contribution < -0.4 is 15.4 Å². The molecule has 1 aliphatic heterocycles. The van der Waals surface area contributed by atoms with Crippen molar-refractivity contribution in [2.24, 2.45) is 0 Å². The van der Waals surface area contributed by atoms with E-state index in [2.05, 4.69) is 20.5 Å². The molecule has 26 heavy (non-hydrogen) atoms. The molecule has 144 valence electrons. The Hall–Kier alpha value is -2.15. The minimum Gasteiger partial charge on any atom is -0.496 e. The molecule has 1 fully saturated rings. The number of aryl methyl sites for hydroxylation is 1. The first-order valence-corrected chi connectivity index (χ1v) is 9.05. The molecule has 1 aromatic rings. The lowest BCUT2D eigenvalue weighted by Gasteiger charge is -2.25. The van der Waals surface area contributed by atoms with Crippen LogP contribution in [-0.2, 0) is 16.1 Å². The van der Waals surface area contributed by atoms with E-state index in [0.717, 1.165) is 35.4 Å². The van der Waals surface area contributed by atoms with Gasteiger partial charge in [0.1, 0.15) is 5.75 Å². The van der Waals surface area contributed by atoms with Gasteiger partial charge in [-0.3, -0.25) is 19.5 Å². The summed E-state index contributed by atoms with van der Waals surface area (Å²) in [4.78, 5) is 30.0. The maximum absolute atomic E-state index is 12.4. The number of likely N-dealkylation sites (tertiary alicyclic amines) is 1. The molecule has 0 aliphatic carbocycles. The molecule has 0 bridgehead atoms. The van der Waals surface area contributed by atoms with Gasteiger partial charge in [0.25, 0.3) is 0 Å². The SMILES string of the molecule is COc1c(C)cnc(CNC(=O)C[C@@H]2CC[C@H](CNC(C)=O)N2C)c1C.